The summed E-state index contributed by atoms with van der Waals surface area (Å²) in [6.07, 6.45) is 1.75. The molecule has 0 aromatic carbocycles. The number of rotatable bonds is 5. The van der Waals surface area contributed by atoms with Crippen LogP contribution in [0.2, 0.25) is 0 Å². The van der Waals surface area contributed by atoms with Gasteiger partial charge in [0.1, 0.15) is 17.5 Å². The van der Waals surface area contributed by atoms with Crippen LogP contribution in [0.1, 0.15) is 49.8 Å². The SMILES string of the molecule is Cc1cccc(Nc2cc([C@@H]3CCCN(S(=O)(=O)C(C)C)C3)nc(C)n2)n1. The number of anilines is 2. The first-order valence-electron chi connectivity index (χ1n) is 9.31. The molecule has 3 rings (SSSR count). The Labute approximate surface area is 161 Å². The van der Waals surface area contributed by atoms with Crippen molar-refractivity contribution in [3.05, 3.63) is 41.5 Å². The standard InChI is InChI=1S/C19H27N5O2S/c1-13(2)27(25,26)24-10-6-8-16(12-24)17-11-19(22-15(4)21-17)23-18-9-5-7-14(3)20-18/h5,7,9,11,13,16H,6,8,10,12H2,1-4H3,(H,20,21,22,23)/t16-/m1/s1. The number of hydrogen-bond donors (Lipinski definition) is 1. The number of nitrogens with one attached hydrogen (secondary N) is 1. The summed E-state index contributed by atoms with van der Waals surface area (Å²) in [4.78, 5) is 13.5. The van der Waals surface area contributed by atoms with Gasteiger partial charge in [0.2, 0.25) is 10.0 Å². The highest BCUT2D eigenvalue weighted by Crippen LogP contribution is 2.29. The van der Waals surface area contributed by atoms with E-state index in [0.29, 0.717) is 24.7 Å². The van der Waals surface area contributed by atoms with Crippen molar-refractivity contribution in [3.63, 3.8) is 0 Å². The average Bonchev–Trinajstić information content (AvgIpc) is 2.61. The lowest BCUT2D eigenvalue weighted by Gasteiger charge is -2.33. The van der Waals surface area contributed by atoms with E-state index in [1.165, 1.54) is 0 Å². The molecule has 0 amide bonds. The molecule has 0 bridgehead atoms. The molecular weight excluding hydrogens is 362 g/mol. The van der Waals surface area contributed by atoms with Crippen LogP contribution >= 0.6 is 0 Å². The van der Waals surface area contributed by atoms with Gasteiger partial charge in [-0.2, -0.15) is 0 Å². The molecule has 1 atom stereocenters. The molecule has 7 nitrogen and oxygen atoms in total. The predicted octanol–water partition coefficient (Wildman–Crippen LogP) is 3.15. The Morgan fingerprint density at radius 2 is 1.93 bits per heavy atom. The van der Waals surface area contributed by atoms with Crippen LogP contribution in [0.15, 0.2) is 24.3 Å². The molecule has 1 saturated heterocycles. The van der Waals surface area contributed by atoms with Crippen molar-refractivity contribution < 1.29 is 8.42 Å². The minimum atomic E-state index is -3.25. The van der Waals surface area contributed by atoms with Crippen LogP contribution in [-0.2, 0) is 10.0 Å². The van der Waals surface area contributed by atoms with Crippen molar-refractivity contribution in [3.8, 4) is 0 Å². The molecule has 0 saturated carbocycles. The lowest BCUT2D eigenvalue weighted by Crippen LogP contribution is -2.42. The van der Waals surface area contributed by atoms with Gasteiger partial charge in [-0.1, -0.05) is 6.07 Å². The average molecular weight is 390 g/mol. The number of piperidine rings is 1. The van der Waals surface area contributed by atoms with Crippen LogP contribution in [0.4, 0.5) is 11.6 Å². The molecular formula is C19H27N5O2S. The topological polar surface area (TPSA) is 88.1 Å². The fourth-order valence-corrected chi connectivity index (χ4v) is 4.69. The van der Waals surface area contributed by atoms with E-state index in [9.17, 15) is 8.42 Å². The van der Waals surface area contributed by atoms with Crippen LogP contribution in [0, 0.1) is 13.8 Å². The van der Waals surface area contributed by atoms with Gasteiger partial charge >= 0.3 is 0 Å². The highest BCUT2D eigenvalue weighted by Gasteiger charge is 2.32. The number of aryl methyl sites for hydroxylation is 2. The van der Waals surface area contributed by atoms with Crippen molar-refractivity contribution in [1.82, 2.24) is 19.3 Å². The fraction of sp³-hybridized carbons (Fsp3) is 0.526. The van der Waals surface area contributed by atoms with E-state index < -0.39 is 15.3 Å². The predicted molar refractivity (Wildman–Crippen MR) is 107 cm³/mol. The quantitative estimate of drug-likeness (QED) is 0.845. The van der Waals surface area contributed by atoms with Crippen molar-refractivity contribution in [2.24, 2.45) is 0 Å². The van der Waals surface area contributed by atoms with Crippen molar-refractivity contribution in [1.29, 1.82) is 0 Å². The smallest absolute Gasteiger partial charge is 0.216 e. The molecule has 3 heterocycles. The minimum absolute atomic E-state index is 0.0694. The van der Waals surface area contributed by atoms with Gasteiger partial charge in [0.15, 0.2) is 0 Å². The maximum Gasteiger partial charge on any atom is 0.216 e. The maximum absolute atomic E-state index is 12.5. The third-order valence-corrected chi connectivity index (χ3v) is 7.00. The molecule has 2 aromatic heterocycles. The minimum Gasteiger partial charge on any atom is -0.325 e. The van der Waals surface area contributed by atoms with E-state index in [1.54, 1.807) is 18.2 Å². The van der Waals surface area contributed by atoms with Gasteiger partial charge in [0, 0.05) is 30.8 Å². The largest absolute Gasteiger partial charge is 0.325 e. The zero-order valence-electron chi connectivity index (χ0n) is 16.3. The maximum atomic E-state index is 12.5. The van der Waals surface area contributed by atoms with Gasteiger partial charge in [0.05, 0.1) is 10.9 Å². The number of pyridine rings is 1. The Hall–Kier alpha value is -2.06. The second-order valence-corrected chi connectivity index (χ2v) is 9.79. The molecule has 0 unspecified atom stereocenters. The van der Waals surface area contributed by atoms with Gasteiger partial charge in [-0.25, -0.2) is 27.7 Å². The second-order valence-electron chi connectivity index (χ2n) is 7.31. The van der Waals surface area contributed by atoms with Gasteiger partial charge in [-0.3, -0.25) is 0 Å². The molecule has 1 fully saturated rings. The Morgan fingerprint density at radius 3 is 2.63 bits per heavy atom. The van der Waals surface area contributed by atoms with Crippen molar-refractivity contribution in [2.45, 2.75) is 51.7 Å². The third kappa shape index (κ3) is 4.62. The Kier molecular flexibility index (Phi) is 5.76. The monoisotopic (exact) mass is 389 g/mol. The van der Waals surface area contributed by atoms with E-state index in [0.717, 1.165) is 30.0 Å². The summed E-state index contributed by atoms with van der Waals surface area (Å²) >= 11 is 0. The summed E-state index contributed by atoms with van der Waals surface area (Å²) in [6.45, 7) is 8.30. The number of sulfonamides is 1. The summed E-state index contributed by atoms with van der Waals surface area (Å²) in [5, 5.41) is 2.82. The van der Waals surface area contributed by atoms with Gasteiger partial charge < -0.3 is 5.32 Å². The number of hydrogen-bond acceptors (Lipinski definition) is 6. The molecule has 27 heavy (non-hydrogen) atoms. The Morgan fingerprint density at radius 1 is 1.15 bits per heavy atom. The first-order chi connectivity index (χ1) is 12.8. The molecule has 0 spiro atoms. The fourth-order valence-electron chi connectivity index (χ4n) is 3.32. The highest BCUT2D eigenvalue weighted by molar-refractivity contribution is 7.89. The van der Waals surface area contributed by atoms with E-state index in [4.69, 9.17) is 0 Å². The summed E-state index contributed by atoms with van der Waals surface area (Å²) in [7, 11) is -3.25. The van der Waals surface area contributed by atoms with Crippen LogP contribution in [0.3, 0.4) is 0 Å². The van der Waals surface area contributed by atoms with Gasteiger partial charge in [-0.15, -0.1) is 0 Å². The zero-order chi connectivity index (χ0) is 19.6. The molecule has 1 aliphatic rings. The molecule has 1 aliphatic heterocycles. The first-order valence-corrected chi connectivity index (χ1v) is 10.8. The summed E-state index contributed by atoms with van der Waals surface area (Å²) in [5.41, 5.74) is 1.80. The number of aromatic nitrogens is 3. The molecule has 2 aromatic rings. The van der Waals surface area contributed by atoms with Crippen LogP contribution < -0.4 is 5.32 Å². The molecule has 8 heteroatoms. The first kappa shape index (κ1) is 19.7. The molecule has 0 aliphatic carbocycles. The van der Waals surface area contributed by atoms with E-state index in [1.807, 2.05) is 38.1 Å². The van der Waals surface area contributed by atoms with Crippen LogP contribution in [0.25, 0.3) is 0 Å². The van der Waals surface area contributed by atoms with Crippen LogP contribution in [-0.4, -0.2) is 46.0 Å². The van der Waals surface area contributed by atoms with Crippen molar-refractivity contribution >= 4 is 21.7 Å². The third-order valence-electron chi connectivity index (χ3n) is 4.76. The highest BCUT2D eigenvalue weighted by atomic mass is 32.2. The van der Waals surface area contributed by atoms with Gasteiger partial charge in [0.25, 0.3) is 0 Å². The molecule has 1 N–H and O–H groups in total. The summed E-state index contributed by atoms with van der Waals surface area (Å²) < 4.78 is 26.7. The van der Waals surface area contributed by atoms with E-state index in [2.05, 4.69) is 20.3 Å². The summed E-state index contributed by atoms with van der Waals surface area (Å²) in [6, 6.07) is 7.68. The summed E-state index contributed by atoms with van der Waals surface area (Å²) in [5.74, 6) is 2.14. The number of nitrogens with zero attached hydrogens (tertiary/aromatic N) is 4. The van der Waals surface area contributed by atoms with E-state index >= 15 is 0 Å². The second kappa shape index (κ2) is 7.90. The van der Waals surface area contributed by atoms with Gasteiger partial charge in [-0.05, 0) is 52.7 Å². The lowest BCUT2D eigenvalue weighted by molar-refractivity contribution is 0.310. The van der Waals surface area contributed by atoms with E-state index in [-0.39, 0.29) is 5.92 Å². The van der Waals surface area contributed by atoms with Crippen LogP contribution in [0.5, 0.6) is 0 Å². The Bertz CT molecular complexity index is 914. The van der Waals surface area contributed by atoms with Crippen molar-refractivity contribution in [2.75, 3.05) is 18.4 Å². The zero-order valence-corrected chi connectivity index (χ0v) is 17.1. The lowest BCUT2D eigenvalue weighted by atomic mass is 9.96. The Balaban J connectivity index is 1.83. The molecule has 146 valence electrons. The molecule has 0 radical (unpaired) electrons. The normalized spacial score (nSPS) is 18.6.